The molecule has 3 aliphatic rings. The topological polar surface area (TPSA) is 32.7 Å². The van der Waals surface area contributed by atoms with Gasteiger partial charge in [-0.05, 0) is 60.7 Å². The lowest BCUT2D eigenvalue weighted by Gasteiger charge is -2.50. The zero-order valence-corrected chi connectivity index (χ0v) is 14.7. The van der Waals surface area contributed by atoms with E-state index in [1.54, 1.807) is 7.11 Å². The fraction of sp³-hybridized carbons (Fsp3) is 0.364. The van der Waals surface area contributed by atoms with E-state index in [1.807, 2.05) is 24.3 Å². The molecule has 3 aliphatic heterocycles. The number of hydrogen-bond acceptors (Lipinski definition) is 3. The normalized spacial score (nSPS) is 28.4. The Morgan fingerprint density at radius 3 is 2.00 bits per heavy atom. The van der Waals surface area contributed by atoms with Crippen LogP contribution in [0.15, 0.2) is 48.5 Å². The Bertz CT molecular complexity index is 743. The molecule has 130 valence electrons. The van der Waals surface area contributed by atoms with Gasteiger partial charge in [-0.1, -0.05) is 48.6 Å². The predicted octanol–water partition coefficient (Wildman–Crippen LogP) is 3.78. The first kappa shape index (κ1) is 16.4. The van der Waals surface area contributed by atoms with E-state index in [0.717, 1.165) is 54.9 Å². The molecule has 1 atom stereocenters. The third-order valence-corrected chi connectivity index (χ3v) is 5.72. The molecule has 2 aromatic carbocycles. The molecule has 3 heterocycles. The largest absolute Gasteiger partial charge is 0.497 e. The molecule has 2 bridgehead atoms. The summed E-state index contributed by atoms with van der Waals surface area (Å²) in [5, 5.41) is 11.2. The van der Waals surface area contributed by atoms with Crippen LogP contribution in [0, 0.1) is 5.92 Å². The van der Waals surface area contributed by atoms with E-state index >= 15 is 0 Å². The van der Waals surface area contributed by atoms with Crippen LogP contribution in [-0.4, -0.2) is 36.8 Å². The number of fused-ring (bicyclic) bond motifs is 3. The molecule has 3 saturated heterocycles. The van der Waals surface area contributed by atoms with Crippen molar-refractivity contribution in [2.75, 3.05) is 26.7 Å². The molecule has 3 heteroatoms. The van der Waals surface area contributed by atoms with E-state index in [4.69, 9.17) is 4.74 Å². The van der Waals surface area contributed by atoms with Crippen LogP contribution >= 0.6 is 0 Å². The van der Waals surface area contributed by atoms with Crippen molar-refractivity contribution in [1.82, 2.24) is 4.90 Å². The average Bonchev–Trinajstić information content (AvgIpc) is 2.68. The van der Waals surface area contributed by atoms with Crippen molar-refractivity contribution in [2.24, 2.45) is 5.92 Å². The zero-order chi connectivity index (χ0) is 17.3. The minimum absolute atomic E-state index is 0.401. The zero-order valence-electron chi connectivity index (χ0n) is 14.7. The fourth-order valence-corrected chi connectivity index (χ4v) is 4.16. The van der Waals surface area contributed by atoms with Crippen LogP contribution in [0.2, 0.25) is 0 Å². The highest BCUT2D eigenvalue weighted by molar-refractivity contribution is 5.70. The lowest BCUT2D eigenvalue weighted by atomic mass is 9.71. The average molecular weight is 335 g/mol. The molecule has 3 fully saturated rings. The second-order valence-electron chi connectivity index (χ2n) is 7.20. The molecule has 3 nitrogen and oxygen atoms in total. The molecule has 0 spiro atoms. The maximum Gasteiger partial charge on any atom is 0.118 e. The summed E-state index contributed by atoms with van der Waals surface area (Å²) in [6.07, 6.45) is 6.41. The number of methoxy groups -OCH3 is 1. The third kappa shape index (κ3) is 3.22. The van der Waals surface area contributed by atoms with Crippen LogP contribution in [0.4, 0.5) is 0 Å². The van der Waals surface area contributed by atoms with Gasteiger partial charge in [0, 0.05) is 6.54 Å². The number of hydrogen-bond donors (Lipinski definition) is 1. The Labute approximate surface area is 149 Å². The Hall–Kier alpha value is -2.10. The minimum atomic E-state index is -0.672. The quantitative estimate of drug-likeness (QED) is 0.863. The maximum absolute atomic E-state index is 11.2. The monoisotopic (exact) mass is 335 g/mol. The molecule has 25 heavy (non-hydrogen) atoms. The van der Waals surface area contributed by atoms with Crippen LogP contribution in [0.5, 0.6) is 5.75 Å². The molecule has 0 aromatic heterocycles. The molecule has 1 unspecified atom stereocenters. The first-order valence-corrected chi connectivity index (χ1v) is 9.05. The highest BCUT2D eigenvalue weighted by atomic mass is 16.5. The van der Waals surface area contributed by atoms with Gasteiger partial charge in [-0.15, -0.1) is 0 Å². The van der Waals surface area contributed by atoms with Gasteiger partial charge in [-0.2, -0.15) is 0 Å². The standard InChI is InChI=1S/C22H25NO2/c1-25-21-10-6-18(7-11-21)3-2-17-4-8-19(9-5-17)22(24)16-23-14-12-20(22)13-15-23/h2-11,20,24H,12-16H2,1H3/b3-2-. The highest BCUT2D eigenvalue weighted by Gasteiger charge is 2.46. The smallest absolute Gasteiger partial charge is 0.118 e. The summed E-state index contributed by atoms with van der Waals surface area (Å²) in [5.41, 5.74) is 2.67. The van der Waals surface area contributed by atoms with Gasteiger partial charge in [0.2, 0.25) is 0 Å². The van der Waals surface area contributed by atoms with E-state index in [2.05, 4.69) is 41.3 Å². The number of benzene rings is 2. The summed E-state index contributed by atoms with van der Waals surface area (Å²) in [6, 6.07) is 16.4. The summed E-state index contributed by atoms with van der Waals surface area (Å²) in [5.74, 6) is 1.27. The van der Waals surface area contributed by atoms with Gasteiger partial charge < -0.3 is 14.7 Å². The van der Waals surface area contributed by atoms with E-state index < -0.39 is 5.60 Å². The highest BCUT2D eigenvalue weighted by Crippen LogP contribution is 2.42. The minimum Gasteiger partial charge on any atom is -0.497 e. The van der Waals surface area contributed by atoms with Gasteiger partial charge in [-0.3, -0.25) is 0 Å². The van der Waals surface area contributed by atoms with Gasteiger partial charge in [0.25, 0.3) is 0 Å². The second kappa shape index (κ2) is 6.66. The second-order valence-corrected chi connectivity index (χ2v) is 7.20. The van der Waals surface area contributed by atoms with Crippen LogP contribution in [0.25, 0.3) is 12.2 Å². The van der Waals surface area contributed by atoms with Crippen LogP contribution in [0.1, 0.15) is 29.5 Å². The molecule has 0 amide bonds. The van der Waals surface area contributed by atoms with Gasteiger partial charge in [0.05, 0.1) is 7.11 Å². The first-order chi connectivity index (χ1) is 12.2. The Kier molecular flexibility index (Phi) is 4.36. The van der Waals surface area contributed by atoms with Gasteiger partial charge in [0.15, 0.2) is 0 Å². The van der Waals surface area contributed by atoms with Crippen molar-refractivity contribution in [2.45, 2.75) is 18.4 Å². The SMILES string of the molecule is COc1ccc(/C=C\c2ccc(C3(O)CN4CCC3CC4)cc2)cc1. The summed E-state index contributed by atoms with van der Waals surface area (Å²) in [6.45, 7) is 3.05. The molecule has 0 aliphatic carbocycles. The van der Waals surface area contributed by atoms with Crippen molar-refractivity contribution in [3.05, 3.63) is 65.2 Å². The number of ether oxygens (including phenoxy) is 1. The van der Waals surface area contributed by atoms with E-state index in [1.165, 1.54) is 0 Å². The summed E-state index contributed by atoms with van der Waals surface area (Å²) < 4.78 is 5.18. The molecular weight excluding hydrogens is 310 g/mol. The molecular formula is C22H25NO2. The lowest BCUT2D eigenvalue weighted by Crippen LogP contribution is -2.57. The first-order valence-electron chi connectivity index (χ1n) is 9.05. The number of nitrogens with zero attached hydrogens (tertiary/aromatic N) is 1. The van der Waals surface area contributed by atoms with Crippen molar-refractivity contribution < 1.29 is 9.84 Å². The fourth-order valence-electron chi connectivity index (χ4n) is 4.16. The van der Waals surface area contributed by atoms with Gasteiger partial charge >= 0.3 is 0 Å². The van der Waals surface area contributed by atoms with Crippen LogP contribution < -0.4 is 4.74 Å². The predicted molar refractivity (Wildman–Crippen MR) is 101 cm³/mol. The molecule has 1 N–H and O–H groups in total. The Balaban J connectivity index is 1.49. The number of rotatable bonds is 4. The molecule has 0 radical (unpaired) electrons. The van der Waals surface area contributed by atoms with Gasteiger partial charge in [0.1, 0.15) is 11.4 Å². The van der Waals surface area contributed by atoms with E-state index in [9.17, 15) is 5.11 Å². The Morgan fingerprint density at radius 1 is 0.960 bits per heavy atom. The van der Waals surface area contributed by atoms with Crippen LogP contribution in [0.3, 0.4) is 0 Å². The summed E-state index contributed by atoms with van der Waals surface area (Å²) in [4.78, 5) is 2.39. The van der Waals surface area contributed by atoms with E-state index in [0.29, 0.717) is 5.92 Å². The van der Waals surface area contributed by atoms with Crippen LogP contribution in [-0.2, 0) is 5.60 Å². The van der Waals surface area contributed by atoms with Gasteiger partial charge in [-0.25, -0.2) is 0 Å². The third-order valence-electron chi connectivity index (χ3n) is 5.72. The maximum atomic E-state index is 11.2. The van der Waals surface area contributed by atoms with Crippen molar-refractivity contribution in [3.8, 4) is 5.75 Å². The van der Waals surface area contributed by atoms with Crippen molar-refractivity contribution in [3.63, 3.8) is 0 Å². The molecule has 5 rings (SSSR count). The Morgan fingerprint density at radius 2 is 1.52 bits per heavy atom. The molecule has 2 aromatic rings. The van der Waals surface area contributed by atoms with Crippen molar-refractivity contribution >= 4 is 12.2 Å². The van der Waals surface area contributed by atoms with E-state index in [-0.39, 0.29) is 0 Å². The lowest BCUT2D eigenvalue weighted by molar-refractivity contribution is -0.117. The van der Waals surface area contributed by atoms with Crippen molar-refractivity contribution in [1.29, 1.82) is 0 Å². The summed E-state index contributed by atoms with van der Waals surface area (Å²) in [7, 11) is 1.68. The summed E-state index contributed by atoms with van der Waals surface area (Å²) >= 11 is 0. The molecule has 0 saturated carbocycles. The number of piperidine rings is 3. The number of aliphatic hydroxyl groups is 1.